The SMILES string of the molecule is C=CCN(C)C1CC(OC)C1. The molecule has 0 aromatic heterocycles. The van der Waals surface area contributed by atoms with Gasteiger partial charge in [0.15, 0.2) is 0 Å². The largest absolute Gasteiger partial charge is 0.381 e. The van der Waals surface area contributed by atoms with E-state index < -0.39 is 0 Å². The fourth-order valence-electron chi connectivity index (χ4n) is 1.44. The summed E-state index contributed by atoms with van der Waals surface area (Å²) in [5, 5.41) is 0. The fraction of sp³-hybridized carbons (Fsp3) is 0.778. The van der Waals surface area contributed by atoms with E-state index in [-0.39, 0.29) is 0 Å². The van der Waals surface area contributed by atoms with E-state index >= 15 is 0 Å². The highest BCUT2D eigenvalue weighted by atomic mass is 16.5. The third-order valence-corrected chi connectivity index (χ3v) is 2.44. The van der Waals surface area contributed by atoms with Gasteiger partial charge < -0.3 is 4.74 Å². The number of rotatable bonds is 4. The van der Waals surface area contributed by atoms with Crippen molar-refractivity contribution in [1.82, 2.24) is 4.90 Å². The normalized spacial score (nSPS) is 30.1. The van der Waals surface area contributed by atoms with E-state index in [0.717, 1.165) is 12.6 Å². The number of hydrogen-bond donors (Lipinski definition) is 0. The first-order chi connectivity index (χ1) is 5.27. The van der Waals surface area contributed by atoms with Crippen molar-refractivity contribution < 1.29 is 4.74 Å². The predicted molar refractivity (Wildman–Crippen MR) is 46.6 cm³/mol. The predicted octanol–water partition coefficient (Wildman–Crippen LogP) is 1.28. The summed E-state index contributed by atoms with van der Waals surface area (Å²) in [6.45, 7) is 4.69. The highest BCUT2D eigenvalue weighted by Crippen LogP contribution is 2.26. The molecule has 1 saturated carbocycles. The van der Waals surface area contributed by atoms with Gasteiger partial charge in [-0.05, 0) is 19.9 Å². The molecule has 2 nitrogen and oxygen atoms in total. The molecular formula is C9H17NO. The molecule has 0 radical (unpaired) electrons. The second-order valence-corrected chi connectivity index (χ2v) is 3.21. The molecule has 1 fully saturated rings. The van der Waals surface area contributed by atoms with Crippen LogP contribution in [0.5, 0.6) is 0 Å². The molecule has 1 aliphatic rings. The lowest BCUT2D eigenvalue weighted by molar-refractivity contribution is -0.0163. The van der Waals surface area contributed by atoms with Gasteiger partial charge in [0.1, 0.15) is 0 Å². The standard InChI is InChI=1S/C9H17NO/c1-4-5-10(2)8-6-9(7-8)11-3/h4,8-9H,1,5-7H2,2-3H3. The van der Waals surface area contributed by atoms with Crippen LogP contribution in [0.25, 0.3) is 0 Å². The van der Waals surface area contributed by atoms with Gasteiger partial charge in [0.25, 0.3) is 0 Å². The van der Waals surface area contributed by atoms with Crippen LogP contribution in [0.15, 0.2) is 12.7 Å². The molecule has 0 aromatic rings. The van der Waals surface area contributed by atoms with Crippen molar-refractivity contribution in [3.8, 4) is 0 Å². The Morgan fingerprint density at radius 3 is 2.73 bits per heavy atom. The van der Waals surface area contributed by atoms with Crippen molar-refractivity contribution in [3.63, 3.8) is 0 Å². The monoisotopic (exact) mass is 155 g/mol. The average molecular weight is 155 g/mol. The fourth-order valence-corrected chi connectivity index (χ4v) is 1.44. The summed E-state index contributed by atoms with van der Waals surface area (Å²) in [6, 6.07) is 0.720. The summed E-state index contributed by atoms with van der Waals surface area (Å²) < 4.78 is 5.19. The summed E-state index contributed by atoms with van der Waals surface area (Å²) in [6.07, 6.45) is 4.81. The molecule has 0 amide bonds. The van der Waals surface area contributed by atoms with Gasteiger partial charge >= 0.3 is 0 Å². The first-order valence-electron chi connectivity index (χ1n) is 4.12. The molecule has 1 rings (SSSR count). The highest BCUT2D eigenvalue weighted by molar-refractivity contribution is 4.88. The first-order valence-corrected chi connectivity index (χ1v) is 4.12. The van der Waals surface area contributed by atoms with Gasteiger partial charge in [-0.3, -0.25) is 4.90 Å². The Kier molecular flexibility index (Phi) is 3.09. The van der Waals surface area contributed by atoms with Crippen molar-refractivity contribution in [2.24, 2.45) is 0 Å². The van der Waals surface area contributed by atoms with Crippen molar-refractivity contribution in [1.29, 1.82) is 0 Å². The number of methoxy groups -OCH3 is 1. The molecule has 0 spiro atoms. The zero-order valence-corrected chi connectivity index (χ0v) is 7.42. The van der Waals surface area contributed by atoms with Crippen LogP contribution in [0, 0.1) is 0 Å². The van der Waals surface area contributed by atoms with E-state index in [0.29, 0.717) is 6.10 Å². The molecule has 0 atom stereocenters. The number of nitrogens with zero attached hydrogens (tertiary/aromatic N) is 1. The van der Waals surface area contributed by atoms with Gasteiger partial charge in [-0.25, -0.2) is 0 Å². The molecule has 0 saturated heterocycles. The molecule has 0 aliphatic heterocycles. The quantitative estimate of drug-likeness (QED) is 0.567. The van der Waals surface area contributed by atoms with Crippen LogP contribution in [0.1, 0.15) is 12.8 Å². The lowest BCUT2D eigenvalue weighted by atomic mass is 9.88. The molecule has 1 aliphatic carbocycles. The summed E-state index contributed by atoms with van der Waals surface area (Å²) in [5.74, 6) is 0. The van der Waals surface area contributed by atoms with Crippen molar-refractivity contribution in [2.75, 3.05) is 20.7 Å². The second-order valence-electron chi connectivity index (χ2n) is 3.21. The van der Waals surface area contributed by atoms with Gasteiger partial charge in [0.2, 0.25) is 0 Å². The smallest absolute Gasteiger partial charge is 0.0601 e. The molecule has 0 bridgehead atoms. The molecule has 11 heavy (non-hydrogen) atoms. The summed E-state index contributed by atoms with van der Waals surface area (Å²) in [4.78, 5) is 2.32. The van der Waals surface area contributed by atoms with Crippen LogP contribution in [0.2, 0.25) is 0 Å². The van der Waals surface area contributed by atoms with Gasteiger partial charge in [-0.2, -0.15) is 0 Å². The lowest BCUT2D eigenvalue weighted by Crippen LogP contribution is -2.45. The van der Waals surface area contributed by atoms with Gasteiger partial charge in [-0.1, -0.05) is 6.08 Å². The van der Waals surface area contributed by atoms with E-state index in [9.17, 15) is 0 Å². The molecular weight excluding hydrogens is 138 g/mol. The molecule has 0 N–H and O–H groups in total. The van der Waals surface area contributed by atoms with Crippen LogP contribution < -0.4 is 0 Å². The van der Waals surface area contributed by atoms with Crippen LogP contribution in [0.3, 0.4) is 0 Å². The van der Waals surface area contributed by atoms with Crippen LogP contribution >= 0.6 is 0 Å². The van der Waals surface area contributed by atoms with E-state index in [1.165, 1.54) is 12.8 Å². The maximum atomic E-state index is 5.19. The third-order valence-electron chi connectivity index (χ3n) is 2.44. The third kappa shape index (κ3) is 2.04. The maximum absolute atomic E-state index is 5.19. The van der Waals surface area contributed by atoms with Gasteiger partial charge in [0.05, 0.1) is 6.10 Å². The Morgan fingerprint density at radius 2 is 2.27 bits per heavy atom. The van der Waals surface area contributed by atoms with Crippen LogP contribution in [-0.2, 0) is 4.74 Å². The molecule has 0 heterocycles. The van der Waals surface area contributed by atoms with E-state index in [2.05, 4.69) is 18.5 Å². The topological polar surface area (TPSA) is 12.5 Å². The van der Waals surface area contributed by atoms with Crippen LogP contribution in [0.4, 0.5) is 0 Å². The van der Waals surface area contributed by atoms with E-state index in [4.69, 9.17) is 4.74 Å². The molecule has 64 valence electrons. The molecule has 0 unspecified atom stereocenters. The van der Waals surface area contributed by atoms with Gasteiger partial charge in [-0.15, -0.1) is 6.58 Å². The number of likely N-dealkylation sites (N-methyl/N-ethyl adjacent to an activating group) is 1. The Hall–Kier alpha value is -0.340. The van der Waals surface area contributed by atoms with Crippen molar-refractivity contribution in [2.45, 2.75) is 25.0 Å². The summed E-state index contributed by atoms with van der Waals surface area (Å²) >= 11 is 0. The van der Waals surface area contributed by atoms with Crippen LogP contribution in [-0.4, -0.2) is 37.7 Å². The Bertz CT molecular complexity index is 130. The average Bonchev–Trinajstić information content (AvgIpc) is 1.86. The Morgan fingerprint density at radius 1 is 1.64 bits per heavy atom. The molecule has 2 heteroatoms. The zero-order valence-electron chi connectivity index (χ0n) is 7.42. The number of hydrogen-bond acceptors (Lipinski definition) is 2. The second kappa shape index (κ2) is 3.88. The highest BCUT2D eigenvalue weighted by Gasteiger charge is 2.31. The lowest BCUT2D eigenvalue weighted by Gasteiger charge is -2.39. The van der Waals surface area contributed by atoms with E-state index in [1.807, 2.05) is 6.08 Å². The zero-order chi connectivity index (χ0) is 8.27. The van der Waals surface area contributed by atoms with E-state index in [1.54, 1.807) is 7.11 Å². The first kappa shape index (κ1) is 8.75. The Balaban J connectivity index is 2.15. The minimum absolute atomic E-state index is 0.507. The molecule has 0 aromatic carbocycles. The summed E-state index contributed by atoms with van der Waals surface area (Å²) in [5.41, 5.74) is 0. The minimum atomic E-state index is 0.507. The van der Waals surface area contributed by atoms with Crippen molar-refractivity contribution in [3.05, 3.63) is 12.7 Å². The maximum Gasteiger partial charge on any atom is 0.0601 e. The summed E-state index contributed by atoms with van der Waals surface area (Å²) in [7, 11) is 3.92. The van der Waals surface area contributed by atoms with Gasteiger partial charge in [0, 0.05) is 19.7 Å². The Labute approximate surface area is 68.8 Å². The van der Waals surface area contributed by atoms with Crippen molar-refractivity contribution >= 4 is 0 Å². The number of ether oxygens (including phenoxy) is 1. The minimum Gasteiger partial charge on any atom is -0.381 e.